The molecule has 0 amide bonds. The fourth-order valence-corrected chi connectivity index (χ4v) is 1.46. The fraction of sp³-hybridized carbons (Fsp3) is 0. The number of benzene rings is 1. The molecule has 0 N–H and O–H groups in total. The maximum Gasteiger partial charge on any atom is 0.196 e. The van der Waals surface area contributed by atoms with E-state index in [-0.39, 0.29) is 10.9 Å². The molecule has 1 aromatic heterocycles. The van der Waals surface area contributed by atoms with Crippen LogP contribution >= 0.6 is 15.9 Å². The molecular formula is C9H3BrF3N. The average molecular weight is 262 g/mol. The minimum atomic E-state index is -1.50. The first kappa shape index (κ1) is 9.45. The van der Waals surface area contributed by atoms with Crippen molar-refractivity contribution in [2.75, 3.05) is 0 Å². The van der Waals surface area contributed by atoms with E-state index in [2.05, 4.69) is 20.9 Å². The van der Waals surface area contributed by atoms with Gasteiger partial charge in [0.2, 0.25) is 0 Å². The molecule has 1 aromatic carbocycles. The molecule has 0 saturated carbocycles. The minimum Gasteiger partial charge on any atom is -0.238 e. The zero-order valence-corrected chi connectivity index (χ0v) is 8.28. The molecule has 0 aliphatic rings. The molecule has 0 spiro atoms. The van der Waals surface area contributed by atoms with Crippen LogP contribution in [0.1, 0.15) is 0 Å². The molecule has 0 aliphatic heterocycles. The van der Waals surface area contributed by atoms with Gasteiger partial charge in [0.15, 0.2) is 17.5 Å². The van der Waals surface area contributed by atoms with Gasteiger partial charge in [-0.15, -0.1) is 0 Å². The average Bonchev–Trinajstić information content (AvgIpc) is 2.16. The molecule has 2 rings (SSSR count). The summed E-state index contributed by atoms with van der Waals surface area (Å²) >= 11 is 3.02. The van der Waals surface area contributed by atoms with Gasteiger partial charge in [-0.05, 0) is 34.1 Å². The molecule has 0 bridgehead atoms. The Kier molecular flexibility index (Phi) is 2.19. The van der Waals surface area contributed by atoms with Crippen LogP contribution in [0.2, 0.25) is 0 Å². The molecule has 1 heterocycles. The summed E-state index contributed by atoms with van der Waals surface area (Å²) in [5.74, 6) is -3.97. The minimum absolute atomic E-state index is 0.182. The van der Waals surface area contributed by atoms with Gasteiger partial charge in [0, 0.05) is 5.39 Å². The first-order valence-electron chi connectivity index (χ1n) is 3.69. The van der Waals surface area contributed by atoms with Crippen molar-refractivity contribution >= 4 is 26.8 Å². The van der Waals surface area contributed by atoms with Crippen molar-refractivity contribution in [3.05, 3.63) is 40.3 Å². The van der Waals surface area contributed by atoms with Gasteiger partial charge in [-0.25, -0.2) is 18.2 Å². The van der Waals surface area contributed by atoms with Gasteiger partial charge in [0.25, 0.3) is 0 Å². The third-order valence-electron chi connectivity index (χ3n) is 1.78. The number of aromatic nitrogens is 1. The Hall–Kier alpha value is -1.10. The molecule has 72 valence electrons. The molecular weight excluding hydrogens is 259 g/mol. The highest BCUT2D eigenvalue weighted by molar-refractivity contribution is 9.10. The van der Waals surface area contributed by atoms with E-state index in [1.807, 2.05) is 0 Å². The van der Waals surface area contributed by atoms with Crippen LogP contribution in [0.5, 0.6) is 0 Å². The summed E-state index contributed by atoms with van der Waals surface area (Å²) in [6.07, 6.45) is 0. The SMILES string of the molecule is Fc1cc2ccc(Br)nc2c(F)c1F. The number of fused-ring (bicyclic) bond motifs is 1. The lowest BCUT2D eigenvalue weighted by Gasteiger charge is -2.01. The van der Waals surface area contributed by atoms with Gasteiger partial charge < -0.3 is 0 Å². The van der Waals surface area contributed by atoms with Gasteiger partial charge in [-0.3, -0.25) is 0 Å². The summed E-state index contributed by atoms with van der Waals surface area (Å²) in [6, 6.07) is 3.89. The fourth-order valence-electron chi connectivity index (χ4n) is 1.15. The first-order chi connectivity index (χ1) is 6.59. The first-order valence-corrected chi connectivity index (χ1v) is 4.48. The summed E-state index contributed by atoms with van der Waals surface area (Å²) < 4.78 is 39.1. The summed E-state index contributed by atoms with van der Waals surface area (Å²) in [7, 11) is 0. The third kappa shape index (κ3) is 1.37. The Labute approximate surface area is 85.7 Å². The zero-order valence-electron chi connectivity index (χ0n) is 6.69. The van der Waals surface area contributed by atoms with E-state index >= 15 is 0 Å². The molecule has 0 saturated heterocycles. The van der Waals surface area contributed by atoms with E-state index in [0.29, 0.717) is 4.60 Å². The van der Waals surface area contributed by atoms with Crippen molar-refractivity contribution in [2.24, 2.45) is 0 Å². The second kappa shape index (κ2) is 3.24. The van der Waals surface area contributed by atoms with E-state index < -0.39 is 17.5 Å². The van der Waals surface area contributed by atoms with Gasteiger partial charge in [0.05, 0.1) is 0 Å². The predicted octanol–water partition coefficient (Wildman–Crippen LogP) is 3.41. The van der Waals surface area contributed by atoms with Crippen LogP contribution in [0.25, 0.3) is 10.9 Å². The number of rotatable bonds is 0. The zero-order chi connectivity index (χ0) is 10.3. The van der Waals surface area contributed by atoms with Crippen molar-refractivity contribution in [3.63, 3.8) is 0 Å². The van der Waals surface area contributed by atoms with E-state index in [4.69, 9.17) is 0 Å². The molecule has 14 heavy (non-hydrogen) atoms. The van der Waals surface area contributed by atoms with Crippen LogP contribution in [-0.2, 0) is 0 Å². The normalized spacial score (nSPS) is 10.9. The van der Waals surface area contributed by atoms with E-state index in [0.717, 1.165) is 6.07 Å². The van der Waals surface area contributed by atoms with Crippen molar-refractivity contribution in [2.45, 2.75) is 0 Å². The van der Waals surface area contributed by atoms with Crippen LogP contribution in [-0.4, -0.2) is 4.98 Å². The molecule has 0 aliphatic carbocycles. The smallest absolute Gasteiger partial charge is 0.196 e. The van der Waals surface area contributed by atoms with Crippen LogP contribution in [0.15, 0.2) is 22.8 Å². The van der Waals surface area contributed by atoms with E-state index in [1.54, 1.807) is 0 Å². The Bertz CT molecular complexity index is 513. The summed E-state index contributed by atoms with van der Waals surface area (Å²) in [5.41, 5.74) is -0.182. The number of nitrogens with zero attached hydrogens (tertiary/aromatic N) is 1. The van der Waals surface area contributed by atoms with E-state index in [1.165, 1.54) is 12.1 Å². The summed E-state index contributed by atoms with van der Waals surface area (Å²) in [6.45, 7) is 0. The third-order valence-corrected chi connectivity index (χ3v) is 2.23. The summed E-state index contributed by atoms with van der Waals surface area (Å²) in [4.78, 5) is 3.71. The van der Waals surface area contributed by atoms with Crippen molar-refractivity contribution in [1.29, 1.82) is 0 Å². The van der Waals surface area contributed by atoms with Gasteiger partial charge in [-0.2, -0.15) is 0 Å². The second-order valence-electron chi connectivity index (χ2n) is 2.69. The van der Waals surface area contributed by atoms with Crippen molar-refractivity contribution in [1.82, 2.24) is 4.98 Å². The van der Waals surface area contributed by atoms with Crippen molar-refractivity contribution in [3.8, 4) is 0 Å². The highest BCUT2D eigenvalue weighted by Crippen LogP contribution is 2.22. The maximum absolute atomic E-state index is 13.1. The van der Waals surface area contributed by atoms with Gasteiger partial charge in [0.1, 0.15) is 10.1 Å². The Morgan fingerprint density at radius 2 is 1.79 bits per heavy atom. The lowest BCUT2D eigenvalue weighted by molar-refractivity contribution is 0.452. The number of hydrogen-bond acceptors (Lipinski definition) is 1. The largest absolute Gasteiger partial charge is 0.238 e. The predicted molar refractivity (Wildman–Crippen MR) is 49.3 cm³/mol. The van der Waals surface area contributed by atoms with E-state index in [9.17, 15) is 13.2 Å². The number of pyridine rings is 1. The molecule has 0 radical (unpaired) electrons. The standard InChI is InChI=1S/C9H3BrF3N/c10-6-2-1-4-3-5(11)7(12)8(13)9(4)14-6/h1-3H. The van der Waals surface area contributed by atoms with Crippen LogP contribution < -0.4 is 0 Å². The maximum atomic E-state index is 13.1. The Morgan fingerprint density at radius 1 is 1.07 bits per heavy atom. The highest BCUT2D eigenvalue weighted by atomic mass is 79.9. The lowest BCUT2D eigenvalue weighted by atomic mass is 10.2. The highest BCUT2D eigenvalue weighted by Gasteiger charge is 2.14. The van der Waals surface area contributed by atoms with Crippen LogP contribution in [0.4, 0.5) is 13.2 Å². The molecule has 0 fully saturated rings. The molecule has 2 aromatic rings. The number of halogens is 4. The second-order valence-corrected chi connectivity index (χ2v) is 3.50. The quantitative estimate of drug-likeness (QED) is 0.523. The van der Waals surface area contributed by atoms with Gasteiger partial charge >= 0.3 is 0 Å². The molecule has 1 nitrogen and oxygen atoms in total. The molecule has 0 atom stereocenters. The Balaban J connectivity index is 2.92. The van der Waals surface area contributed by atoms with Crippen LogP contribution in [0, 0.1) is 17.5 Å². The monoisotopic (exact) mass is 261 g/mol. The Morgan fingerprint density at radius 3 is 2.50 bits per heavy atom. The van der Waals surface area contributed by atoms with Crippen molar-refractivity contribution < 1.29 is 13.2 Å². The summed E-state index contributed by atoms with van der Waals surface area (Å²) in [5, 5.41) is 0.226. The lowest BCUT2D eigenvalue weighted by Crippen LogP contribution is -1.94. The molecule has 0 unspecified atom stereocenters. The van der Waals surface area contributed by atoms with Gasteiger partial charge in [-0.1, -0.05) is 0 Å². The number of hydrogen-bond donors (Lipinski definition) is 0. The molecule has 5 heteroatoms. The van der Waals surface area contributed by atoms with Crippen LogP contribution in [0.3, 0.4) is 0 Å². The topological polar surface area (TPSA) is 12.9 Å².